The van der Waals surface area contributed by atoms with Gasteiger partial charge in [0.05, 0.1) is 11.3 Å². The van der Waals surface area contributed by atoms with Crippen LogP contribution in [0.2, 0.25) is 0 Å². The SMILES string of the molecule is O=C(Nc1nc(C2CC2)cs1)c1c[nH]c2ccccc12. The number of H-pyrrole nitrogens is 1. The Hall–Kier alpha value is -2.14. The Morgan fingerprint density at radius 1 is 1.35 bits per heavy atom. The van der Waals surface area contributed by atoms with Gasteiger partial charge in [0.1, 0.15) is 0 Å². The van der Waals surface area contributed by atoms with Crippen LogP contribution in [0.5, 0.6) is 0 Å². The summed E-state index contributed by atoms with van der Waals surface area (Å²) < 4.78 is 0. The van der Waals surface area contributed by atoms with Crippen LogP contribution in [-0.2, 0) is 0 Å². The van der Waals surface area contributed by atoms with Gasteiger partial charge in [-0.05, 0) is 18.9 Å². The van der Waals surface area contributed by atoms with Crippen molar-refractivity contribution in [1.82, 2.24) is 9.97 Å². The van der Waals surface area contributed by atoms with E-state index >= 15 is 0 Å². The van der Waals surface area contributed by atoms with Crippen molar-refractivity contribution in [2.75, 3.05) is 5.32 Å². The summed E-state index contributed by atoms with van der Waals surface area (Å²) in [5.74, 6) is 0.504. The first-order chi connectivity index (χ1) is 9.81. The van der Waals surface area contributed by atoms with Gasteiger partial charge in [-0.1, -0.05) is 18.2 Å². The highest BCUT2D eigenvalue weighted by Gasteiger charge is 2.26. The molecular formula is C15H13N3OS. The molecule has 3 aromatic rings. The molecule has 1 aliphatic rings. The minimum atomic E-state index is -0.112. The minimum absolute atomic E-state index is 0.112. The number of thiazole rings is 1. The predicted molar refractivity (Wildman–Crippen MR) is 80.3 cm³/mol. The summed E-state index contributed by atoms with van der Waals surface area (Å²) >= 11 is 1.50. The third kappa shape index (κ3) is 2.00. The first-order valence-electron chi connectivity index (χ1n) is 6.64. The molecule has 4 nitrogen and oxygen atoms in total. The Morgan fingerprint density at radius 2 is 2.20 bits per heavy atom. The molecule has 1 saturated carbocycles. The van der Waals surface area contributed by atoms with Crippen LogP contribution in [0.25, 0.3) is 10.9 Å². The molecule has 0 spiro atoms. The third-order valence-corrected chi connectivity index (χ3v) is 4.35. The highest BCUT2D eigenvalue weighted by molar-refractivity contribution is 7.14. The molecule has 0 unspecified atom stereocenters. The van der Waals surface area contributed by atoms with Gasteiger partial charge in [-0.15, -0.1) is 11.3 Å². The molecule has 1 amide bonds. The molecule has 5 heteroatoms. The molecule has 100 valence electrons. The number of nitrogens with one attached hydrogen (secondary N) is 2. The maximum atomic E-state index is 12.3. The predicted octanol–water partition coefficient (Wildman–Crippen LogP) is 3.75. The zero-order valence-electron chi connectivity index (χ0n) is 10.7. The lowest BCUT2D eigenvalue weighted by Crippen LogP contribution is -2.11. The number of benzene rings is 1. The summed E-state index contributed by atoms with van der Waals surface area (Å²) in [6, 6.07) is 7.78. The maximum Gasteiger partial charge on any atom is 0.259 e. The lowest BCUT2D eigenvalue weighted by Gasteiger charge is -1.99. The zero-order valence-corrected chi connectivity index (χ0v) is 11.5. The Labute approximate surface area is 119 Å². The molecule has 2 aromatic heterocycles. The molecule has 1 aliphatic carbocycles. The molecular weight excluding hydrogens is 270 g/mol. The van der Waals surface area contributed by atoms with Gasteiger partial charge in [0.2, 0.25) is 0 Å². The number of aromatic amines is 1. The van der Waals surface area contributed by atoms with E-state index in [1.165, 1.54) is 24.2 Å². The normalized spacial score (nSPS) is 14.6. The summed E-state index contributed by atoms with van der Waals surface area (Å²) in [6.07, 6.45) is 4.19. The van der Waals surface area contributed by atoms with E-state index in [9.17, 15) is 4.79 Å². The van der Waals surface area contributed by atoms with Crippen LogP contribution in [0.15, 0.2) is 35.8 Å². The van der Waals surface area contributed by atoms with E-state index in [4.69, 9.17) is 0 Å². The summed E-state index contributed by atoms with van der Waals surface area (Å²) in [5, 5.41) is 6.55. The standard InChI is InChI=1S/C15H13N3OS/c19-14(11-7-16-12-4-2-1-3-10(11)12)18-15-17-13(8-20-15)9-5-6-9/h1-4,7-9,16H,5-6H2,(H,17,18,19). The van der Waals surface area contributed by atoms with Gasteiger partial charge < -0.3 is 4.98 Å². The van der Waals surface area contributed by atoms with E-state index in [-0.39, 0.29) is 5.91 Å². The number of nitrogens with zero attached hydrogens (tertiary/aromatic N) is 1. The number of aromatic nitrogens is 2. The molecule has 0 atom stereocenters. The van der Waals surface area contributed by atoms with Gasteiger partial charge in [0.15, 0.2) is 5.13 Å². The Balaban J connectivity index is 1.59. The molecule has 2 heterocycles. The highest BCUT2D eigenvalue weighted by atomic mass is 32.1. The second kappa shape index (κ2) is 4.45. The van der Waals surface area contributed by atoms with Crippen molar-refractivity contribution in [3.05, 3.63) is 47.1 Å². The van der Waals surface area contributed by atoms with Crippen LogP contribution >= 0.6 is 11.3 Å². The second-order valence-corrected chi connectivity index (χ2v) is 5.91. The van der Waals surface area contributed by atoms with Crippen LogP contribution in [0, 0.1) is 0 Å². The molecule has 0 aliphatic heterocycles. The van der Waals surface area contributed by atoms with Crippen molar-refractivity contribution in [3.63, 3.8) is 0 Å². The quantitative estimate of drug-likeness (QED) is 0.769. The number of anilines is 1. The van der Waals surface area contributed by atoms with Crippen molar-refractivity contribution in [3.8, 4) is 0 Å². The molecule has 4 rings (SSSR count). The fourth-order valence-corrected chi connectivity index (χ4v) is 3.12. The van der Waals surface area contributed by atoms with Crippen LogP contribution in [-0.4, -0.2) is 15.9 Å². The van der Waals surface area contributed by atoms with Crippen LogP contribution in [0.4, 0.5) is 5.13 Å². The first kappa shape index (κ1) is 11.7. The molecule has 0 bridgehead atoms. The van der Waals surface area contributed by atoms with Gasteiger partial charge >= 0.3 is 0 Å². The number of carbonyl (C=O) groups excluding carboxylic acids is 1. The Kier molecular flexibility index (Phi) is 2.60. The average Bonchev–Trinajstić information content (AvgIpc) is 3.06. The zero-order chi connectivity index (χ0) is 13.5. The number of rotatable bonds is 3. The van der Waals surface area contributed by atoms with E-state index in [1.54, 1.807) is 6.20 Å². The number of carbonyl (C=O) groups is 1. The maximum absolute atomic E-state index is 12.3. The van der Waals surface area contributed by atoms with E-state index in [0.29, 0.717) is 16.6 Å². The molecule has 20 heavy (non-hydrogen) atoms. The number of fused-ring (bicyclic) bond motifs is 1. The second-order valence-electron chi connectivity index (χ2n) is 5.05. The van der Waals surface area contributed by atoms with E-state index in [2.05, 4.69) is 15.3 Å². The van der Waals surface area contributed by atoms with E-state index in [0.717, 1.165) is 16.6 Å². The van der Waals surface area contributed by atoms with Crippen LogP contribution in [0.3, 0.4) is 0 Å². The highest BCUT2D eigenvalue weighted by Crippen LogP contribution is 2.40. The minimum Gasteiger partial charge on any atom is -0.360 e. The monoisotopic (exact) mass is 283 g/mol. The fourth-order valence-electron chi connectivity index (χ4n) is 2.33. The smallest absolute Gasteiger partial charge is 0.259 e. The van der Waals surface area contributed by atoms with Crippen LogP contribution in [0.1, 0.15) is 34.8 Å². The first-order valence-corrected chi connectivity index (χ1v) is 7.52. The summed E-state index contributed by atoms with van der Waals surface area (Å²) in [4.78, 5) is 19.9. The number of amides is 1. The van der Waals surface area contributed by atoms with E-state index < -0.39 is 0 Å². The lowest BCUT2D eigenvalue weighted by atomic mass is 10.2. The van der Waals surface area contributed by atoms with Crippen LogP contribution < -0.4 is 5.32 Å². The van der Waals surface area contributed by atoms with Crippen molar-refractivity contribution >= 4 is 33.3 Å². The molecule has 1 aromatic carbocycles. The summed E-state index contributed by atoms with van der Waals surface area (Å²) in [6.45, 7) is 0. The van der Waals surface area contributed by atoms with E-state index in [1.807, 2.05) is 29.6 Å². The number of hydrogen-bond donors (Lipinski definition) is 2. The number of hydrogen-bond acceptors (Lipinski definition) is 3. The van der Waals surface area contributed by atoms with Gasteiger partial charge in [-0.2, -0.15) is 0 Å². The Bertz CT molecular complexity index is 785. The molecule has 2 N–H and O–H groups in total. The van der Waals surface area contributed by atoms with Gasteiger partial charge in [0.25, 0.3) is 5.91 Å². The summed E-state index contributed by atoms with van der Waals surface area (Å²) in [7, 11) is 0. The van der Waals surface area contributed by atoms with Crippen molar-refractivity contribution in [1.29, 1.82) is 0 Å². The van der Waals surface area contributed by atoms with Crippen molar-refractivity contribution in [2.24, 2.45) is 0 Å². The molecule has 1 fully saturated rings. The lowest BCUT2D eigenvalue weighted by molar-refractivity contribution is 0.102. The van der Waals surface area contributed by atoms with Gasteiger partial charge in [-0.25, -0.2) is 4.98 Å². The fraction of sp³-hybridized carbons (Fsp3) is 0.200. The average molecular weight is 283 g/mol. The molecule has 0 radical (unpaired) electrons. The number of para-hydroxylation sites is 1. The third-order valence-electron chi connectivity index (χ3n) is 3.57. The summed E-state index contributed by atoms with van der Waals surface area (Å²) in [5.41, 5.74) is 2.74. The van der Waals surface area contributed by atoms with Gasteiger partial charge in [0, 0.05) is 28.4 Å². The largest absolute Gasteiger partial charge is 0.360 e. The topological polar surface area (TPSA) is 57.8 Å². The molecule has 0 saturated heterocycles. The Morgan fingerprint density at radius 3 is 3.05 bits per heavy atom. The van der Waals surface area contributed by atoms with Gasteiger partial charge in [-0.3, -0.25) is 10.1 Å². The van der Waals surface area contributed by atoms with Crippen molar-refractivity contribution in [2.45, 2.75) is 18.8 Å². The van der Waals surface area contributed by atoms with Crippen molar-refractivity contribution < 1.29 is 4.79 Å².